The number of halogens is 1. The molecule has 0 saturated heterocycles. The Morgan fingerprint density at radius 3 is 2.78 bits per heavy atom. The van der Waals surface area contributed by atoms with Crippen molar-refractivity contribution in [2.45, 2.75) is 31.6 Å². The SMILES string of the molecule is CN(CCOC(=O)CCl)[C@H]1C[C@H](OCc2ccccc2)CC1=O. The third-order valence-corrected chi connectivity index (χ3v) is 4.18. The van der Waals surface area contributed by atoms with Crippen molar-refractivity contribution in [3.63, 3.8) is 0 Å². The number of nitrogens with zero attached hydrogens (tertiary/aromatic N) is 1. The zero-order valence-corrected chi connectivity index (χ0v) is 14.0. The molecule has 1 aliphatic carbocycles. The van der Waals surface area contributed by atoms with Crippen LogP contribution >= 0.6 is 11.6 Å². The van der Waals surface area contributed by atoms with Crippen LogP contribution in [-0.2, 0) is 25.7 Å². The van der Waals surface area contributed by atoms with Crippen molar-refractivity contribution in [1.29, 1.82) is 0 Å². The smallest absolute Gasteiger partial charge is 0.320 e. The van der Waals surface area contributed by atoms with Crippen molar-refractivity contribution in [2.24, 2.45) is 0 Å². The topological polar surface area (TPSA) is 55.8 Å². The average molecular weight is 340 g/mol. The van der Waals surface area contributed by atoms with E-state index in [0.29, 0.717) is 26.0 Å². The Balaban J connectivity index is 1.74. The summed E-state index contributed by atoms with van der Waals surface area (Å²) in [7, 11) is 1.86. The Labute approximate surface area is 141 Å². The van der Waals surface area contributed by atoms with E-state index in [-0.39, 0.29) is 30.4 Å². The standard InChI is InChI=1S/C17H22ClNO4/c1-19(7-8-22-17(21)11-18)15-9-14(10-16(15)20)23-12-13-5-3-2-4-6-13/h2-6,14-15H,7-12H2,1H3/t14-,15-/m0/s1. The summed E-state index contributed by atoms with van der Waals surface area (Å²) in [5, 5.41) is 0. The molecule has 0 aromatic heterocycles. The summed E-state index contributed by atoms with van der Waals surface area (Å²) in [6, 6.07) is 9.74. The Hall–Kier alpha value is -1.43. The fraction of sp³-hybridized carbons (Fsp3) is 0.529. The van der Waals surface area contributed by atoms with Gasteiger partial charge in [0.05, 0.1) is 18.8 Å². The minimum Gasteiger partial charge on any atom is -0.463 e. The number of rotatable bonds is 8. The lowest BCUT2D eigenvalue weighted by molar-refractivity contribution is -0.141. The minimum absolute atomic E-state index is 0.0550. The molecule has 0 N–H and O–H groups in total. The molecule has 23 heavy (non-hydrogen) atoms. The second kappa shape index (κ2) is 9.01. The van der Waals surface area contributed by atoms with Gasteiger partial charge in [0.15, 0.2) is 5.78 Å². The minimum atomic E-state index is -0.443. The fourth-order valence-corrected chi connectivity index (χ4v) is 2.74. The van der Waals surface area contributed by atoms with Gasteiger partial charge in [-0.1, -0.05) is 30.3 Å². The highest BCUT2D eigenvalue weighted by molar-refractivity contribution is 6.26. The predicted molar refractivity (Wildman–Crippen MR) is 87.4 cm³/mol. The van der Waals surface area contributed by atoms with E-state index in [9.17, 15) is 9.59 Å². The molecule has 0 amide bonds. The molecule has 2 atom stereocenters. The van der Waals surface area contributed by atoms with Gasteiger partial charge in [-0.2, -0.15) is 0 Å². The maximum absolute atomic E-state index is 12.1. The summed E-state index contributed by atoms with van der Waals surface area (Å²) in [6.07, 6.45) is 1.05. The Morgan fingerprint density at radius 1 is 1.35 bits per heavy atom. The first-order chi connectivity index (χ1) is 11.1. The third kappa shape index (κ3) is 5.61. The lowest BCUT2D eigenvalue weighted by Gasteiger charge is -2.22. The number of alkyl halides is 1. The summed E-state index contributed by atoms with van der Waals surface area (Å²) in [5.74, 6) is -0.419. The molecule has 1 saturated carbocycles. The van der Waals surface area contributed by atoms with E-state index in [2.05, 4.69) is 0 Å². The number of ketones is 1. The molecule has 0 radical (unpaired) electrons. The first kappa shape index (κ1) is 17.9. The van der Waals surface area contributed by atoms with Gasteiger partial charge in [-0.05, 0) is 19.0 Å². The van der Waals surface area contributed by atoms with Gasteiger partial charge < -0.3 is 9.47 Å². The summed E-state index contributed by atoms with van der Waals surface area (Å²) >= 11 is 5.36. The van der Waals surface area contributed by atoms with Gasteiger partial charge in [0.1, 0.15) is 12.5 Å². The lowest BCUT2D eigenvalue weighted by atomic mass is 10.2. The maximum Gasteiger partial charge on any atom is 0.320 e. The largest absolute Gasteiger partial charge is 0.463 e. The summed E-state index contributed by atoms with van der Waals surface area (Å²) < 4.78 is 10.8. The second-order valence-electron chi connectivity index (χ2n) is 5.68. The van der Waals surface area contributed by atoms with Crippen LogP contribution in [0.2, 0.25) is 0 Å². The van der Waals surface area contributed by atoms with E-state index < -0.39 is 5.97 Å². The third-order valence-electron chi connectivity index (χ3n) is 3.96. The highest BCUT2D eigenvalue weighted by Crippen LogP contribution is 2.23. The first-order valence-corrected chi connectivity index (χ1v) is 8.23. The normalized spacial score (nSPS) is 20.9. The summed E-state index contributed by atoms with van der Waals surface area (Å²) in [6.45, 7) is 1.26. The number of likely N-dealkylation sites (N-methyl/N-ethyl adjacent to an activating group) is 1. The molecule has 1 aromatic carbocycles. The number of hydrogen-bond donors (Lipinski definition) is 0. The molecule has 2 rings (SSSR count). The molecule has 6 heteroatoms. The van der Waals surface area contributed by atoms with Crippen LogP contribution in [0.5, 0.6) is 0 Å². The van der Waals surface area contributed by atoms with Gasteiger partial charge in [0, 0.05) is 13.0 Å². The molecule has 0 bridgehead atoms. The van der Waals surface area contributed by atoms with Crippen LogP contribution in [-0.4, -0.2) is 54.9 Å². The Morgan fingerprint density at radius 2 is 2.09 bits per heavy atom. The average Bonchev–Trinajstić information content (AvgIpc) is 2.94. The second-order valence-corrected chi connectivity index (χ2v) is 5.94. The van der Waals surface area contributed by atoms with Gasteiger partial charge >= 0.3 is 5.97 Å². The predicted octanol–water partition coefficient (Wildman–Crippen LogP) is 2.02. The highest BCUT2D eigenvalue weighted by Gasteiger charge is 2.35. The molecule has 1 aromatic rings. The highest BCUT2D eigenvalue weighted by atomic mass is 35.5. The number of hydrogen-bond acceptors (Lipinski definition) is 5. The molecule has 126 valence electrons. The van der Waals surface area contributed by atoms with Crippen LogP contribution in [0.3, 0.4) is 0 Å². The zero-order chi connectivity index (χ0) is 16.7. The Kier molecular flexibility index (Phi) is 7.02. The Bertz CT molecular complexity index is 523. The van der Waals surface area contributed by atoms with Crippen molar-refractivity contribution < 1.29 is 19.1 Å². The van der Waals surface area contributed by atoms with Crippen molar-refractivity contribution in [3.05, 3.63) is 35.9 Å². The fourth-order valence-electron chi connectivity index (χ4n) is 2.66. The van der Waals surface area contributed by atoms with Crippen LogP contribution in [0.15, 0.2) is 30.3 Å². The molecule has 1 fully saturated rings. The molecule has 0 aliphatic heterocycles. The van der Waals surface area contributed by atoms with Crippen LogP contribution in [0.1, 0.15) is 18.4 Å². The molecule has 1 aliphatic rings. The van der Waals surface area contributed by atoms with E-state index in [1.54, 1.807) is 0 Å². The van der Waals surface area contributed by atoms with Crippen LogP contribution in [0, 0.1) is 0 Å². The molecule has 5 nitrogen and oxygen atoms in total. The number of Topliss-reactive ketones (excluding diaryl/α,β-unsaturated/α-hetero) is 1. The van der Waals surface area contributed by atoms with Gasteiger partial charge in [-0.15, -0.1) is 11.6 Å². The first-order valence-electron chi connectivity index (χ1n) is 7.70. The lowest BCUT2D eigenvalue weighted by Crippen LogP contribution is -2.37. The van der Waals surface area contributed by atoms with E-state index in [0.717, 1.165) is 5.56 Å². The van der Waals surface area contributed by atoms with E-state index in [4.69, 9.17) is 21.1 Å². The number of ether oxygens (including phenoxy) is 2. The van der Waals surface area contributed by atoms with Crippen molar-refractivity contribution in [3.8, 4) is 0 Å². The van der Waals surface area contributed by atoms with Crippen molar-refractivity contribution in [2.75, 3.05) is 26.1 Å². The van der Waals surface area contributed by atoms with Crippen LogP contribution < -0.4 is 0 Å². The number of carbonyl (C=O) groups excluding carboxylic acids is 2. The molecule has 0 spiro atoms. The quantitative estimate of drug-likeness (QED) is 0.535. The number of benzene rings is 1. The maximum atomic E-state index is 12.1. The number of carbonyl (C=O) groups is 2. The van der Waals surface area contributed by atoms with Gasteiger partial charge in [-0.3, -0.25) is 14.5 Å². The number of esters is 1. The van der Waals surface area contributed by atoms with Gasteiger partial charge in [-0.25, -0.2) is 0 Å². The summed E-state index contributed by atoms with van der Waals surface area (Å²) in [4.78, 5) is 25.0. The van der Waals surface area contributed by atoms with E-state index in [1.165, 1.54) is 0 Å². The van der Waals surface area contributed by atoms with E-state index >= 15 is 0 Å². The molecular weight excluding hydrogens is 318 g/mol. The van der Waals surface area contributed by atoms with Gasteiger partial charge in [0.2, 0.25) is 0 Å². The van der Waals surface area contributed by atoms with E-state index in [1.807, 2.05) is 42.3 Å². The zero-order valence-electron chi connectivity index (χ0n) is 13.2. The van der Waals surface area contributed by atoms with Crippen LogP contribution in [0.25, 0.3) is 0 Å². The van der Waals surface area contributed by atoms with Gasteiger partial charge in [0.25, 0.3) is 0 Å². The molecule has 0 unspecified atom stereocenters. The van der Waals surface area contributed by atoms with Crippen molar-refractivity contribution in [1.82, 2.24) is 4.90 Å². The monoisotopic (exact) mass is 339 g/mol. The van der Waals surface area contributed by atoms with Crippen LogP contribution in [0.4, 0.5) is 0 Å². The van der Waals surface area contributed by atoms with Crippen molar-refractivity contribution >= 4 is 23.4 Å². The summed E-state index contributed by atoms with van der Waals surface area (Å²) in [5.41, 5.74) is 1.10. The molecule has 0 heterocycles. The molecular formula is C17H22ClNO4.